The number of nitrogens with one attached hydrogen (secondary N) is 2. The first-order valence-corrected chi connectivity index (χ1v) is 9.51. The topological polar surface area (TPSA) is 84.5 Å². The molecule has 1 aromatic heterocycles. The highest BCUT2D eigenvalue weighted by Crippen LogP contribution is 2.32. The highest BCUT2D eigenvalue weighted by Gasteiger charge is 2.21. The van der Waals surface area contributed by atoms with Crippen molar-refractivity contribution in [3.8, 4) is 0 Å². The van der Waals surface area contributed by atoms with E-state index in [1.165, 1.54) is 25.2 Å². The zero-order chi connectivity index (χ0) is 18.6. The number of hydrogen-bond acceptors (Lipinski definition) is 5. The molecule has 0 saturated heterocycles. The molecule has 2 rings (SSSR count). The van der Waals surface area contributed by atoms with E-state index in [9.17, 15) is 14.4 Å². The number of amides is 2. The van der Waals surface area contributed by atoms with Crippen molar-refractivity contribution in [2.75, 3.05) is 10.6 Å². The Kier molecular flexibility index (Phi) is 6.74. The van der Waals surface area contributed by atoms with E-state index in [-0.39, 0.29) is 5.91 Å². The lowest BCUT2D eigenvalue weighted by atomic mass is 10.2. The van der Waals surface area contributed by atoms with Crippen molar-refractivity contribution in [2.45, 2.75) is 20.0 Å². The molecule has 0 aliphatic carbocycles. The van der Waals surface area contributed by atoms with Crippen LogP contribution in [0.5, 0.6) is 0 Å². The smallest absolute Gasteiger partial charge is 0.349 e. The summed E-state index contributed by atoms with van der Waals surface area (Å²) in [5.41, 5.74) is 1.16. The Morgan fingerprint density at radius 3 is 2.12 bits per heavy atom. The fourth-order valence-electron chi connectivity index (χ4n) is 1.80. The largest absolute Gasteiger partial charge is 0.448 e. The molecule has 0 saturated carbocycles. The van der Waals surface area contributed by atoms with Crippen LogP contribution >= 0.6 is 43.2 Å². The van der Waals surface area contributed by atoms with E-state index in [0.717, 1.165) is 8.26 Å². The van der Waals surface area contributed by atoms with Gasteiger partial charge in [0, 0.05) is 22.8 Å². The highest BCUT2D eigenvalue weighted by atomic mass is 79.9. The molecule has 6 nitrogen and oxygen atoms in total. The number of carbonyl (C=O) groups excluding carboxylic acids is 3. The third-order valence-corrected chi connectivity index (χ3v) is 6.21. The van der Waals surface area contributed by atoms with Gasteiger partial charge >= 0.3 is 5.97 Å². The molecule has 132 valence electrons. The number of halogens is 2. The second-order valence-electron chi connectivity index (χ2n) is 5.03. The van der Waals surface area contributed by atoms with Crippen molar-refractivity contribution in [1.82, 2.24) is 0 Å². The maximum atomic E-state index is 12.1. The predicted octanol–water partition coefficient (Wildman–Crippen LogP) is 4.42. The van der Waals surface area contributed by atoms with Crippen LogP contribution in [0.15, 0.2) is 38.6 Å². The van der Waals surface area contributed by atoms with Crippen LogP contribution in [0.3, 0.4) is 0 Å². The van der Waals surface area contributed by atoms with Crippen LogP contribution in [0.4, 0.5) is 11.4 Å². The highest BCUT2D eigenvalue weighted by molar-refractivity contribution is 9.13. The van der Waals surface area contributed by atoms with Crippen LogP contribution in [0.1, 0.15) is 23.5 Å². The third kappa shape index (κ3) is 5.65. The van der Waals surface area contributed by atoms with E-state index in [2.05, 4.69) is 42.5 Å². The van der Waals surface area contributed by atoms with Crippen molar-refractivity contribution in [1.29, 1.82) is 0 Å². The molecule has 2 aromatic rings. The average Bonchev–Trinajstić information content (AvgIpc) is 2.88. The minimum Gasteiger partial charge on any atom is -0.448 e. The fraction of sp³-hybridized carbons (Fsp3) is 0.188. The maximum absolute atomic E-state index is 12.1. The summed E-state index contributed by atoms with van der Waals surface area (Å²) in [6, 6.07) is 8.24. The molecule has 9 heteroatoms. The zero-order valence-electron chi connectivity index (χ0n) is 13.3. The number of ether oxygens (including phenoxy) is 1. The Bertz CT molecular complexity index is 785. The SMILES string of the molecule is CC(=O)Nc1ccc(NC(=O)C(C)OC(=O)c2cc(Br)c(Br)s2)cc1. The third-order valence-electron chi connectivity index (χ3n) is 2.97. The van der Waals surface area contributed by atoms with Gasteiger partial charge in [-0.15, -0.1) is 11.3 Å². The molecule has 0 aliphatic rings. The van der Waals surface area contributed by atoms with Gasteiger partial charge in [-0.3, -0.25) is 9.59 Å². The number of carbonyl (C=O) groups is 3. The summed E-state index contributed by atoms with van der Waals surface area (Å²) in [7, 11) is 0. The monoisotopic (exact) mass is 488 g/mol. The van der Waals surface area contributed by atoms with Gasteiger partial charge in [-0.2, -0.15) is 0 Å². The summed E-state index contributed by atoms with van der Waals surface area (Å²) >= 11 is 7.81. The summed E-state index contributed by atoms with van der Waals surface area (Å²) in [5.74, 6) is -1.19. The Morgan fingerprint density at radius 2 is 1.64 bits per heavy atom. The Balaban J connectivity index is 1.93. The lowest BCUT2D eigenvalue weighted by Gasteiger charge is -2.13. The van der Waals surface area contributed by atoms with E-state index in [1.807, 2.05) is 0 Å². The molecular weight excluding hydrogens is 476 g/mol. The summed E-state index contributed by atoms with van der Waals surface area (Å²) in [6.45, 7) is 2.91. The number of rotatable bonds is 5. The molecule has 1 heterocycles. The van der Waals surface area contributed by atoms with Gasteiger partial charge in [0.2, 0.25) is 5.91 Å². The number of hydrogen-bond donors (Lipinski definition) is 2. The van der Waals surface area contributed by atoms with Crippen LogP contribution in [0.25, 0.3) is 0 Å². The van der Waals surface area contributed by atoms with Crippen LogP contribution in [-0.4, -0.2) is 23.9 Å². The van der Waals surface area contributed by atoms with Gasteiger partial charge in [0.05, 0.1) is 3.79 Å². The lowest BCUT2D eigenvalue weighted by Crippen LogP contribution is -2.29. The maximum Gasteiger partial charge on any atom is 0.349 e. The predicted molar refractivity (Wildman–Crippen MR) is 104 cm³/mol. The van der Waals surface area contributed by atoms with Gasteiger partial charge < -0.3 is 15.4 Å². The molecule has 0 radical (unpaired) electrons. The molecule has 0 aliphatic heterocycles. The molecular formula is C16H14Br2N2O4S. The zero-order valence-corrected chi connectivity index (χ0v) is 17.2. The number of benzene rings is 1. The van der Waals surface area contributed by atoms with Gasteiger partial charge in [-0.25, -0.2) is 4.79 Å². The molecule has 1 atom stereocenters. The fourth-order valence-corrected chi connectivity index (χ4v) is 3.72. The molecule has 1 unspecified atom stereocenters. The second-order valence-corrected chi connectivity index (χ2v) is 8.25. The standard InChI is InChI=1S/C16H14Br2N2O4S/c1-8(24-16(23)13-7-12(17)14(18)25-13)15(22)20-11-5-3-10(4-6-11)19-9(2)21/h3-8H,1-2H3,(H,19,21)(H,20,22). The quantitative estimate of drug-likeness (QED) is 0.609. The molecule has 2 amide bonds. The van der Waals surface area contributed by atoms with E-state index >= 15 is 0 Å². The van der Waals surface area contributed by atoms with E-state index < -0.39 is 18.0 Å². The normalized spacial score (nSPS) is 11.5. The number of thiophene rings is 1. The van der Waals surface area contributed by atoms with Crippen LogP contribution in [0, 0.1) is 0 Å². The second kappa shape index (κ2) is 8.59. The Labute approximate surface area is 165 Å². The van der Waals surface area contributed by atoms with E-state index in [1.54, 1.807) is 30.3 Å². The van der Waals surface area contributed by atoms with Crippen molar-refractivity contribution >= 4 is 72.4 Å². The van der Waals surface area contributed by atoms with Gasteiger partial charge in [0.15, 0.2) is 6.10 Å². The summed E-state index contributed by atoms with van der Waals surface area (Å²) in [4.78, 5) is 35.6. The van der Waals surface area contributed by atoms with Gasteiger partial charge in [-0.1, -0.05) is 0 Å². The van der Waals surface area contributed by atoms with Gasteiger partial charge in [0.1, 0.15) is 4.88 Å². The Hall–Kier alpha value is -1.71. The van der Waals surface area contributed by atoms with Gasteiger partial charge in [-0.05, 0) is 69.1 Å². The van der Waals surface area contributed by atoms with E-state index in [0.29, 0.717) is 16.3 Å². The lowest BCUT2D eigenvalue weighted by molar-refractivity contribution is -0.123. The van der Waals surface area contributed by atoms with Crippen LogP contribution in [-0.2, 0) is 14.3 Å². The molecule has 1 aromatic carbocycles. The summed E-state index contributed by atoms with van der Waals surface area (Å²) in [6.07, 6.45) is -0.956. The molecule has 0 bridgehead atoms. The van der Waals surface area contributed by atoms with Crippen LogP contribution < -0.4 is 10.6 Å². The first kappa shape index (κ1) is 19.6. The number of anilines is 2. The molecule has 0 spiro atoms. The van der Waals surface area contributed by atoms with E-state index in [4.69, 9.17) is 4.74 Å². The van der Waals surface area contributed by atoms with Crippen molar-refractivity contribution < 1.29 is 19.1 Å². The Morgan fingerprint density at radius 1 is 1.08 bits per heavy atom. The summed E-state index contributed by atoms with van der Waals surface area (Å²) in [5, 5.41) is 5.28. The summed E-state index contributed by atoms with van der Waals surface area (Å²) < 4.78 is 6.70. The molecule has 25 heavy (non-hydrogen) atoms. The molecule has 0 fully saturated rings. The molecule has 2 N–H and O–H groups in total. The van der Waals surface area contributed by atoms with Crippen molar-refractivity contribution in [2.24, 2.45) is 0 Å². The first-order valence-electron chi connectivity index (χ1n) is 7.10. The minimum atomic E-state index is -0.956. The van der Waals surface area contributed by atoms with Crippen molar-refractivity contribution in [3.63, 3.8) is 0 Å². The minimum absolute atomic E-state index is 0.177. The van der Waals surface area contributed by atoms with Crippen molar-refractivity contribution in [3.05, 3.63) is 43.5 Å². The van der Waals surface area contributed by atoms with Crippen LogP contribution in [0.2, 0.25) is 0 Å². The first-order chi connectivity index (χ1) is 11.8. The average molecular weight is 490 g/mol. The van der Waals surface area contributed by atoms with Gasteiger partial charge in [0.25, 0.3) is 5.91 Å². The number of esters is 1.